The topological polar surface area (TPSA) is 42.0 Å². The van der Waals surface area contributed by atoms with Gasteiger partial charge in [0.25, 0.3) is 0 Å². The van der Waals surface area contributed by atoms with Crippen molar-refractivity contribution in [3.63, 3.8) is 0 Å². The van der Waals surface area contributed by atoms with Crippen LogP contribution < -0.4 is 0 Å². The molecule has 3 aliphatic rings. The molecule has 20 heavy (non-hydrogen) atoms. The molecule has 0 spiro atoms. The van der Waals surface area contributed by atoms with E-state index in [9.17, 15) is 4.79 Å². The first-order valence-corrected chi connectivity index (χ1v) is 7.89. The number of carbonyl (C=O) groups is 1. The summed E-state index contributed by atoms with van der Waals surface area (Å²) < 4.78 is 11.2. The lowest BCUT2D eigenvalue weighted by Gasteiger charge is -2.36. The number of hydrogen-bond acceptors (Lipinski definition) is 4. The van der Waals surface area contributed by atoms with Gasteiger partial charge in [0, 0.05) is 32.8 Å². The third-order valence-electron chi connectivity index (χ3n) is 4.51. The molecule has 1 amide bonds. The van der Waals surface area contributed by atoms with Crippen LogP contribution in [0.2, 0.25) is 0 Å². The molecule has 1 aliphatic carbocycles. The van der Waals surface area contributed by atoms with Crippen molar-refractivity contribution < 1.29 is 14.3 Å². The quantitative estimate of drug-likeness (QED) is 0.740. The number of likely N-dealkylation sites (N-methyl/N-ethyl adjacent to an activating group) is 1. The molecule has 0 aromatic rings. The van der Waals surface area contributed by atoms with E-state index in [1.165, 1.54) is 19.4 Å². The van der Waals surface area contributed by atoms with E-state index in [0.717, 1.165) is 38.6 Å². The maximum atomic E-state index is 12.4. The average Bonchev–Trinajstić information content (AvgIpc) is 3.08. The van der Waals surface area contributed by atoms with E-state index in [1.807, 2.05) is 4.90 Å². The molecule has 0 aromatic heterocycles. The maximum absolute atomic E-state index is 12.4. The van der Waals surface area contributed by atoms with Gasteiger partial charge in [-0.05, 0) is 32.2 Å². The van der Waals surface area contributed by atoms with Gasteiger partial charge in [0.1, 0.15) is 0 Å². The Balaban J connectivity index is 1.46. The Kier molecular flexibility index (Phi) is 4.58. The molecular formula is C15H26N2O3. The van der Waals surface area contributed by atoms with Gasteiger partial charge >= 0.3 is 0 Å². The highest BCUT2D eigenvalue weighted by molar-refractivity contribution is 5.79. The van der Waals surface area contributed by atoms with Crippen molar-refractivity contribution in [1.29, 1.82) is 0 Å². The lowest BCUT2D eigenvalue weighted by molar-refractivity contribution is -0.143. The summed E-state index contributed by atoms with van der Waals surface area (Å²) in [5, 5.41) is 0. The standard InChI is InChI=1S/C15H26N2O3/c1-16(8-12-2-3-12)9-14-10-17(5-7-20-14)15(18)13-4-6-19-11-13/h12-14H,2-11H2,1H3/t13-,14-/m0/s1. The summed E-state index contributed by atoms with van der Waals surface area (Å²) in [4.78, 5) is 16.7. The van der Waals surface area contributed by atoms with Gasteiger partial charge in [0.2, 0.25) is 5.91 Å². The molecule has 2 atom stereocenters. The second-order valence-corrected chi connectivity index (χ2v) is 6.50. The zero-order valence-electron chi connectivity index (χ0n) is 12.4. The minimum atomic E-state index is 0.0814. The summed E-state index contributed by atoms with van der Waals surface area (Å²) in [5.41, 5.74) is 0. The van der Waals surface area contributed by atoms with Crippen molar-refractivity contribution in [2.45, 2.75) is 25.4 Å². The number of nitrogens with zero attached hydrogens (tertiary/aromatic N) is 2. The van der Waals surface area contributed by atoms with Gasteiger partial charge in [-0.15, -0.1) is 0 Å². The fourth-order valence-corrected chi connectivity index (χ4v) is 3.18. The van der Waals surface area contributed by atoms with Gasteiger partial charge in [-0.3, -0.25) is 4.79 Å². The summed E-state index contributed by atoms with van der Waals surface area (Å²) in [5.74, 6) is 1.25. The number of morpholine rings is 1. The third-order valence-corrected chi connectivity index (χ3v) is 4.51. The van der Waals surface area contributed by atoms with Crippen LogP contribution in [0, 0.1) is 11.8 Å². The lowest BCUT2D eigenvalue weighted by Crippen LogP contribution is -2.51. The van der Waals surface area contributed by atoms with Gasteiger partial charge in [0.05, 0.1) is 25.2 Å². The van der Waals surface area contributed by atoms with Gasteiger partial charge < -0.3 is 19.3 Å². The van der Waals surface area contributed by atoms with E-state index in [-0.39, 0.29) is 17.9 Å². The number of carbonyl (C=O) groups excluding carboxylic acids is 1. The lowest BCUT2D eigenvalue weighted by atomic mass is 10.1. The minimum Gasteiger partial charge on any atom is -0.381 e. The average molecular weight is 282 g/mol. The first-order chi connectivity index (χ1) is 9.72. The van der Waals surface area contributed by atoms with Gasteiger partial charge in [-0.2, -0.15) is 0 Å². The zero-order chi connectivity index (χ0) is 13.9. The van der Waals surface area contributed by atoms with Crippen LogP contribution in [-0.2, 0) is 14.3 Å². The molecule has 5 nitrogen and oxygen atoms in total. The van der Waals surface area contributed by atoms with E-state index in [0.29, 0.717) is 13.2 Å². The second kappa shape index (κ2) is 6.41. The molecule has 114 valence electrons. The van der Waals surface area contributed by atoms with E-state index in [1.54, 1.807) is 0 Å². The van der Waals surface area contributed by atoms with Crippen LogP contribution in [-0.4, -0.2) is 74.9 Å². The first-order valence-electron chi connectivity index (χ1n) is 7.89. The predicted octanol–water partition coefficient (Wildman–Crippen LogP) is 0.592. The molecule has 5 heteroatoms. The summed E-state index contributed by atoms with van der Waals surface area (Å²) in [7, 11) is 2.16. The van der Waals surface area contributed by atoms with Crippen molar-refractivity contribution in [1.82, 2.24) is 9.80 Å². The molecule has 2 heterocycles. The van der Waals surface area contributed by atoms with Crippen LogP contribution in [0.3, 0.4) is 0 Å². The fraction of sp³-hybridized carbons (Fsp3) is 0.933. The van der Waals surface area contributed by atoms with Crippen molar-refractivity contribution in [3.8, 4) is 0 Å². The Morgan fingerprint density at radius 3 is 2.80 bits per heavy atom. The number of hydrogen-bond donors (Lipinski definition) is 0. The molecule has 2 aliphatic heterocycles. The SMILES string of the molecule is CN(CC1CC1)C[C@H]1CN(C(=O)[C@H]2CCOC2)CCO1. The summed E-state index contributed by atoms with van der Waals surface area (Å²) in [6, 6.07) is 0. The Morgan fingerprint density at radius 2 is 2.10 bits per heavy atom. The molecule has 0 bridgehead atoms. The molecule has 0 unspecified atom stereocenters. The van der Waals surface area contributed by atoms with E-state index in [2.05, 4.69) is 11.9 Å². The second-order valence-electron chi connectivity index (χ2n) is 6.50. The van der Waals surface area contributed by atoms with Crippen LogP contribution in [0.1, 0.15) is 19.3 Å². The van der Waals surface area contributed by atoms with E-state index < -0.39 is 0 Å². The highest BCUT2D eigenvalue weighted by Gasteiger charge is 2.32. The Morgan fingerprint density at radius 1 is 1.25 bits per heavy atom. The monoisotopic (exact) mass is 282 g/mol. The molecule has 0 N–H and O–H groups in total. The molecule has 2 saturated heterocycles. The Labute approximate surface area is 121 Å². The van der Waals surface area contributed by atoms with Gasteiger partial charge in [0.15, 0.2) is 0 Å². The van der Waals surface area contributed by atoms with Crippen molar-refractivity contribution in [2.75, 3.05) is 53.0 Å². The largest absolute Gasteiger partial charge is 0.381 e. The molecule has 0 radical (unpaired) electrons. The summed E-state index contributed by atoms with van der Waals surface area (Å²) in [6.07, 6.45) is 3.80. The van der Waals surface area contributed by atoms with E-state index in [4.69, 9.17) is 9.47 Å². The zero-order valence-corrected chi connectivity index (χ0v) is 12.4. The summed E-state index contributed by atoms with van der Waals surface area (Å²) in [6.45, 7) is 5.58. The van der Waals surface area contributed by atoms with Gasteiger partial charge in [-0.25, -0.2) is 0 Å². The highest BCUT2D eigenvalue weighted by atomic mass is 16.5. The van der Waals surface area contributed by atoms with Crippen LogP contribution in [0.4, 0.5) is 0 Å². The molecule has 0 aromatic carbocycles. The molecule has 3 rings (SSSR count). The van der Waals surface area contributed by atoms with Crippen LogP contribution in [0.5, 0.6) is 0 Å². The molecular weight excluding hydrogens is 256 g/mol. The normalized spacial score (nSPS) is 31.0. The number of rotatable bonds is 5. The van der Waals surface area contributed by atoms with Crippen LogP contribution in [0.15, 0.2) is 0 Å². The minimum absolute atomic E-state index is 0.0814. The Hall–Kier alpha value is -0.650. The smallest absolute Gasteiger partial charge is 0.228 e. The van der Waals surface area contributed by atoms with Crippen LogP contribution in [0.25, 0.3) is 0 Å². The maximum Gasteiger partial charge on any atom is 0.228 e. The van der Waals surface area contributed by atoms with E-state index >= 15 is 0 Å². The first kappa shape index (κ1) is 14.3. The summed E-state index contributed by atoms with van der Waals surface area (Å²) >= 11 is 0. The third kappa shape index (κ3) is 3.71. The number of amides is 1. The molecule has 3 fully saturated rings. The van der Waals surface area contributed by atoms with Crippen molar-refractivity contribution in [3.05, 3.63) is 0 Å². The number of ether oxygens (including phenoxy) is 2. The predicted molar refractivity (Wildman–Crippen MR) is 75.5 cm³/mol. The van der Waals surface area contributed by atoms with Crippen molar-refractivity contribution in [2.24, 2.45) is 11.8 Å². The Bertz CT molecular complexity index is 340. The molecule has 1 saturated carbocycles. The fourth-order valence-electron chi connectivity index (χ4n) is 3.18. The van der Waals surface area contributed by atoms with Gasteiger partial charge in [-0.1, -0.05) is 0 Å². The highest BCUT2D eigenvalue weighted by Crippen LogP contribution is 2.29. The van der Waals surface area contributed by atoms with Crippen LogP contribution >= 0.6 is 0 Å². The van der Waals surface area contributed by atoms with Crippen molar-refractivity contribution >= 4 is 5.91 Å².